The smallest absolute Gasteiger partial charge is 0.115 e. The van der Waals surface area contributed by atoms with Crippen LogP contribution < -0.4 is 9.80 Å². The number of benzene rings is 10. The van der Waals surface area contributed by atoms with E-state index in [1.807, 2.05) is 24.3 Å². The molecule has 0 unspecified atom stereocenters. The van der Waals surface area contributed by atoms with Crippen LogP contribution in [-0.4, -0.2) is 18.7 Å². The van der Waals surface area contributed by atoms with E-state index in [1.54, 1.807) is 0 Å². The predicted octanol–water partition coefficient (Wildman–Crippen LogP) is 15.4. The zero-order chi connectivity index (χ0) is 41.7. The Hall–Kier alpha value is -8.26. The van der Waals surface area contributed by atoms with Crippen molar-refractivity contribution in [3.8, 4) is 22.3 Å². The van der Waals surface area contributed by atoms with Gasteiger partial charge in [0.05, 0.1) is 22.8 Å². The summed E-state index contributed by atoms with van der Waals surface area (Å²) in [5, 5.41) is 4.42. The molecule has 2 aromatic heterocycles. The molecule has 10 aromatic carbocycles. The molecule has 7 heteroatoms. The lowest BCUT2D eigenvalue weighted by Crippen LogP contribution is -2.09. The minimum absolute atomic E-state index is 0.785. The summed E-state index contributed by atoms with van der Waals surface area (Å²) < 4.78 is 10.1. The van der Waals surface area contributed by atoms with Gasteiger partial charge in [-0.3, -0.25) is 0 Å². The molecule has 0 spiro atoms. The maximum atomic E-state index is 5.68. The molecule has 0 amide bonds. The summed E-state index contributed by atoms with van der Waals surface area (Å²) in [5.41, 5.74) is 15.1. The Morgan fingerprint density at radius 1 is 0.254 bits per heavy atom. The van der Waals surface area contributed by atoms with E-state index in [1.165, 1.54) is 11.7 Å². The lowest BCUT2D eigenvalue weighted by Gasteiger charge is -2.25. The lowest BCUT2D eigenvalue weighted by atomic mass is 9.93. The van der Waals surface area contributed by atoms with Crippen molar-refractivity contribution >= 4 is 100 Å². The van der Waals surface area contributed by atoms with Gasteiger partial charge in [-0.2, -0.15) is 8.75 Å². The molecular formula is C56H36N6S. The number of aromatic nitrogens is 4. The van der Waals surface area contributed by atoms with Crippen LogP contribution in [0, 0.1) is 0 Å². The number of fused-ring (bicyclic) bond motifs is 8. The summed E-state index contributed by atoms with van der Waals surface area (Å²) in [6.07, 6.45) is 0. The van der Waals surface area contributed by atoms with Crippen molar-refractivity contribution in [2.75, 3.05) is 9.80 Å². The minimum Gasteiger partial charge on any atom is -0.311 e. The van der Waals surface area contributed by atoms with Crippen molar-refractivity contribution in [1.82, 2.24) is 18.7 Å². The van der Waals surface area contributed by atoms with Gasteiger partial charge in [-0.05, 0) is 94.7 Å². The van der Waals surface area contributed by atoms with Gasteiger partial charge in [0, 0.05) is 56.0 Å². The van der Waals surface area contributed by atoms with Crippen LogP contribution in [0.1, 0.15) is 0 Å². The Kier molecular flexibility index (Phi) is 8.90. The summed E-state index contributed by atoms with van der Waals surface area (Å²) in [4.78, 5) is 15.9. The average Bonchev–Trinajstić information content (AvgIpc) is 3.84. The number of rotatable bonds is 8. The van der Waals surface area contributed by atoms with Crippen LogP contribution in [-0.2, 0) is 0 Å². The van der Waals surface area contributed by atoms with Gasteiger partial charge in [0.25, 0.3) is 0 Å². The second-order valence-electron chi connectivity index (χ2n) is 15.5. The maximum Gasteiger partial charge on any atom is 0.115 e. The van der Waals surface area contributed by atoms with Gasteiger partial charge in [-0.25, -0.2) is 9.97 Å². The summed E-state index contributed by atoms with van der Waals surface area (Å²) in [7, 11) is 0. The molecule has 6 nitrogen and oxygen atoms in total. The van der Waals surface area contributed by atoms with E-state index in [0.717, 1.165) is 111 Å². The molecule has 0 aliphatic heterocycles. The van der Waals surface area contributed by atoms with Crippen LogP contribution in [0.2, 0.25) is 0 Å². The Balaban J connectivity index is 1.10. The monoisotopic (exact) mass is 824 g/mol. The highest BCUT2D eigenvalue weighted by Gasteiger charge is 2.25. The first-order valence-electron chi connectivity index (χ1n) is 21.0. The molecular weight excluding hydrogens is 789 g/mol. The van der Waals surface area contributed by atoms with Crippen LogP contribution >= 0.6 is 11.7 Å². The molecule has 0 N–H and O–H groups in total. The summed E-state index contributed by atoms with van der Waals surface area (Å²) >= 11 is 1.22. The Morgan fingerprint density at radius 3 is 0.873 bits per heavy atom. The van der Waals surface area contributed by atoms with E-state index in [-0.39, 0.29) is 0 Å². The fraction of sp³-hybridized carbons (Fsp3) is 0. The quantitative estimate of drug-likeness (QED) is 0.112. The van der Waals surface area contributed by atoms with Crippen molar-refractivity contribution < 1.29 is 0 Å². The molecule has 0 bridgehead atoms. The van der Waals surface area contributed by atoms with E-state index in [0.29, 0.717) is 0 Å². The Morgan fingerprint density at radius 2 is 0.540 bits per heavy atom. The van der Waals surface area contributed by atoms with Crippen molar-refractivity contribution in [3.63, 3.8) is 0 Å². The molecule has 0 saturated carbocycles. The molecule has 0 aliphatic rings. The maximum absolute atomic E-state index is 5.68. The van der Waals surface area contributed by atoms with Crippen LogP contribution in [0.5, 0.6) is 0 Å². The average molecular weight is 825 g/mol. The van der Waals surface area contributed by atoms with Gasteiger partial charge in [0.2, 0.25) is 0 Å². The molecule has 12 aromatic rings. The van der Waals surface area contributed by atoms with Gasteiger partial charge in [-0.15, -0.1) is 0 Å². The van der Waals surface area contributed by atoms with Crippen LogP contribution in [0.25, 0.3) is 76.9 Å². The van der Waals surface area contributed by atoms with Crippen molar-refractivity contribution in [1.29, 1.82) is 0 Å². The molecule has 296 valence electrons. The molecule has 0 radical (unpaired) electrons. The van der Waals surface area contributed by atoms with E-state index in [2.05, 4.69) is 204 Å². The number of hydrogen-bond donors (Lipinski definition) is 0. The fourth-order valence-electron chi connectivity index (χ4n) is 9.05. The van der Waals surface area contributed by atoms with Crippen LogP contribution in [0.15, 0.2) is 218 Å². The second-order valence-corrected chi connectivity index (χ2v) is 16.1. The highest BCUT2D eigenvalue weighted by atomic mass is 32.1. The molecule has 2 heterocycles. The van der Waals surface area contributed by atoms with E-state index < -0.39 is 0 Å². The number of hydrogen-bond acceptors (Lipinski definition) is 7. The first kappa shape index (κ1) is 36.6. The van der Waals surface area contributed by atoms with Gasteiger partial charge in [-0.1, -0.05) is 146 Å². The minimum atomic E-state index is 0.785. The molecule has 0 saturated heterocycles. The van der Waals surface area contributed by atoms with E-state index >= 15 is 0 Å². The van der Waals surface area contributed by atoms with Crippen LogP contribution in [0.3, 0.4) is 0 Å². The third-order valence-corrected chi connectivity index (χ3v) is 12.4. The lowest BCUT2D eigenvalue weighted by molar-refractivity contribution is 1.28. The van der Waals surface area contributed by atoms with Crippen LogP contribution in [0.4, 0.5) is 34.1 Å². The summed E-state index contributed by atoms with van der Waals surface area (Å²) in [6.45, 7) is 0. The zero-order valence-corrected chi connectivity index (χ0v) is 34.7. The van der Waals surface area contributed by atoms with Gasteiger partial charge >= 0.3 is 0 Å². The Labute approximate surface area is 368 Å². The highest BCUT2D eigenvalue weighted by molar-refractivity contribution is 7.00. The molecule has 0 atom stereocenters. The molecule has 63 heavy (non-hydrogen) atoms. The largest absolute Gasteiger partial charge is 0.311 e. The third-order valence-electron chi connectivity index (χ3n) is 11.9. The van der Waals surface area contributed by atoms with E-state index in [4.69, 9.17) is 18.7 Å². The topological polar surface area (TPSA) is 58.0 Å². The standard InChI is InChI=1S/C56H36N6S/c1-5-17-39(18-6-1)61(40-19-7-2-8-20-40)43-33-29-37(30-34-43)49-53-54(58-52-48-28-16-14-26-46(48)45-25-13-15-27-47(45)51(52)57-53)50(56-55(49)59-63-60-56)38-31-35-44(36-32-38)62(41-21-9-3-10-22-41)42-23-11-4-12-24-42/h1-36H. The van der Waals surface area contributed by atoms with Crippen molar-refractivity contribution in [2.24, 2.45) is 0 Å². The zero-order valence-electron chi connectivity index (χ0n) is 33.9. The first-order chi connectivity index (χ1) is 31.3. The second kappa shape index (κ2) is 15.3. The van der Waals surface area contributed by atoms with Crippen molar-refractivity contribution in [2.45, 2.75) is 0 Å². The predicted molar refractivity (Wildman–Crippen MR) is 263 cm³/mol. The number of nitrogens with zero attached hydrogens (tertiary/aromatic N) is 6. The molecule has 12 rings (SSSR count). The summed E-state index contributed by atoms with van der Waals surface area (Å²) in [6, 6.07) is 76.4. The molecule has 0 aliphatic carbocycles. The van der Waals surface area contributed by atoms with Gasteiger partial charge < -0.3 is 9.80 Å². The fourth-order valence-corrected chi connectivity index (χ4v) is 9.61. The summed E-state index contributed by atoms with van der Waals surface area (Å²) in [5.74, 6) is 0. The Bertz CT molecular complexity index is 3280. The highest BCUT2D eigenvalue weighted by Crippen LogP contribution is 2.46. The van der Waals surface area contributed by atoms with Gasteiger partial charge in [0.1, 0.15) is 22.1 Å². The molecule has 0 fully saturated rings. The van der Waals surface area contributed by atoms with Gasteiger partial charge in [0.15, 0.2) is 0 Å². The first-order valence-corrected chi connectivity index (χ1v) is 21.7. The van der Waals surface area contributed by atoms with Crippen molar-refractivity contribution in [3.05, 3.63) is 218 Å². The normalized spacial score (nSPS) is 11.5. The number of para-hydroxylation sites is 4. The SMILES string of the molecule is c1ccc(N(c2ccccc2)c2ccc(-c3c4nsnc4c(-c4ccc(N(c5ccccc5)c5ccccc5)cc4)c4nc5c6ccccc6c6ccccc6c5nc34)cc2)cc1. The third kappa shape index (κ3) is 6.25. The van der Waals surface area contributed by atoms with E-state index in [9.17, 15) is 0 Å². The number of anilines is 6.